The molecule has 0 atom stereocenters. The normalized spacial score (nSPS) is 10.4. The van der Waals surface area contributed by atoms with E-state index >= 15 is 0 Å². The van der Waals surface area contributed by atoms with Gasteiger partial charge in [0, 0.05) is 22.8 Å². The highest BCUT2D eigenvalue weighted by molar-refractivity contribution is 9.10. The summed E-state index contributed by atoms with van der Waals surface area (Å²) in [7, 11) is 3.11. The molecule has 0 heterocycles. The van der Waals surface area contributed by atoms with Crippen LogP contribution in [0.4, 0.5) is 5.69 Å². The Morgan fingerprint density at radius 1 is 0.969 bits per heavy atom. The molecule has 32 heavy (non-hydrogen) atoms. The van der Waals surface area contributed by atoms with Crippen LogP contribution in [-0.2, 0) is 11.4 Å². The van der Waals surface area contributed by atoms with Gasteiger partial charge < -0.3 is 19.7 Å². The predicted molar refractivity (Wildman–Crippen MR) is 128 cm³/mol. The van der Waals surface area contributed by atoms with E-state index in [9.17, 15) is 9.59 Å². The number of aryl methyl sites for hydroxylation is 1. The number of rotatable bonds is 8. The molecule has 0 aliphatic heterocycles. The van der Waals surface area contributed by atoms with E-state index in [1.165, 1.54) is 12.0 Å². The topological polar surface area (TPSA) is 67.9 Å². The lowest BCUT2D eigenvalue weighted by Gasteiger charge is -2.18. The number of halogens is 1. The average Bonchev–Trinajstić information content (AvgIpc) is 2.79. The van der Waals surface area contributed by atoms with Crippen molar-refractivity contribution in [2.24, 2.45) is 0 Å². The van der Waals surface area contributed by atoms with E-state index < -0.39 is 0 Å². The summed E-state index contributed by atoms with van der Waals surface area (Å²) in [6.07, 6.45) is 0. The van der Waals surface area contributed by atoms with E-state index in [0.29, 0.717) is 29.4 Å². The third-order valence-electron chi connectivity index (χ3n) is 4.78. The fourth-order valence-corrected chi connectivity index (χ4v) is 3.27. The van der Waals surface area contributed by atoms with Crippen LogP contribution in [0.2, 0.25) is 0 Å². The zero-order valence-corrected chi connectivity index (χ0v) is 19.8. The number of nitrogens with zero attached hydrogens (tertiary/aromatic N) is 1. The smallest absolute Gasteiger partial charge is 0.254 e. The number of anilines is 1. The molecule has 6 nitrogen and oxygen atoms in total. The molecule has 0 saturated carbocycles. The molecular weight excluding hydrogens is 472 g/mol. The summed E-state index contributed by atoms with van der Waals surface area (Å²) < 4.78 is 12.3. The van der Waals surface area contributed by atoms with Crippen molar-refractivity contribution in [3.05, 3.63) is 87.9 Å². The van der Waals surface area contributed by atoms with Crippen molar-refractivity contribution in [1.29, 1.82) is 0 Å². The van der Waals surface area contributed by atoms with Gasteiger partial charge in [-0.2, -0.15) is 0 Å². The molecule has 0 aliphatic carbocycles. The summed E-state index contributed by atoms with van der Waals surface area (Å²) in [5, 5.41) is 2.79. The van der Waals surface area contributed by atoms with Crippen LogP contribution in [0.15, 0.2) is 71.2 Å². The summed E-state index contributed by atoms with van der Waals surface area (Å²) >= 11 is 3.41. The second kappa shape index (κ2) is 10.8. The van der Waals surface area contributed by atoms with Crippen molar-refractivity contribution in [3.8, 4) is 11.5 Å². The molecule has 0 aliphatic rings. The molecule has 0 unspecified atom stereocenters. The van der Waals surface area contributed by atoms with Gasteiger partial charge in [-0.1, -0.05) is 45.8 Å². The van der Waals surface area contributed by atoms with Crippen molar-refractivity contribution < 1.29 is 19.1 Å². The Labute approximate surface area is 196 Å². The van der Waals surface area contributed by atoms with Crippen molar-refractivity contribution >= 4 is 33.4 Å². The third kappa shape index (κ3) is 6.34. The molecule has 0 saturated heterocycles. The van der Waals surface area contributed by atoms with Crippen LogP contribution >= 0.6 is 15.9 Å². The lowest BCUT2D eigenvalue weighted by atomic mass is 10.1. The maximum absolute atomic E-state index is 12.8. The minimum atomic E-state index is -0.290. The Morgan fingerprint density at radius 3 is 2.31 bits per heavy atom. The Bertz CT molecular complexity index is 1080. The summed E-state index contributed by atoms with van der Waals surface area (Å²) in [6, 6.07) is 20.3. The number of likely N-dealkylation sites (N-methyl/N-ethyl adjacent to an activating group) is 1. The molecule has 3 rings (SSSR count). The molecule has 0 radical (unpaired) electrons. The van der Waals surface area contributed by atoms with Gasteiger partial charge in [0.15, 0.2) is 11.5 Å². The number of benzene rings is 3. The van der Waals surface area contributed by atoms with Gasteiger partial charge in [0.2, 0.25) is 5.91 Å². The molecule has 0 spiro atoms. The first kappa shape index (κ1) is 23.3. The zero-order chi connectivity index (χ0) is 23.1. The molecule has 0 fully saturated rings. The summed E-state index contributed by atoms with van der Waals surface area (Å²) in [5.74, 6) is 0.421. The van der Waals surface area contributed by atoms with E-state index in [0.717, 1.165) is 15.6 Å². The van der Waals surface area contributed by atoms with E-state index in [2.05, 4.69) is 21.2 Å². The highest BCUT2D eigenvalue weighted by Crippen LogP contribution is 2.29. The molecule has 2 amide bonds. The first-order chi connectivity index (χ1) is 15.4. The fourth-order valence-electron chi connectivity index (χ4n) is 3.01. The van der Waals surface area contributed by atoms with Gasteiger partial charge in [-0.05, 0) is 55.0 Å². The number of carbonyl (C=O) groups excluding carboxylic acids is 2. The SMILES string of the molecule is COc1cc(C(=O)N(C)CC(=O)Nc2ccc(C)cc2)ccc1OCc1ccc(Br)cc1. The van der Waals surface area contributed by atoms with Gasteiger partial charge in [-0.25, -0.2) is 0 Å². The number of hydrogen-bond acceptors (Lipinski definition) is 4. The van der Waals surface area contributed by atoms with Crippen LogP contribution in [0.1, 0.15) is 21.5 Å². The lowest BCUT2D eigenvalue weighted by Crippen LogP contribution is -2.34. The molecular formula is C25H25BrN2O4. The number of amides is 2. The summed E-state index contributed by atoms with van der Waals surface area (Å²) in [4.78, 5) is 26.5. The minimum Gasteiger partial charge on any atom is -0.493 e. The second-order valence-corrected chi connectivity index (χ2v) is 8.27. The monoisotopic (exact) mass is 496 g/mol. The molecule has 1 N–H and O–H groups in total. The molecule has 7 heteroatoms. The van der Waals surface area contributed by atoms with Crippen molar-refractivity contribution in [2.75, 3.05) is 26.0 Å². The zero-order valence-electron chi connectivity index (χ0n) is 18.2. The number of hydrogen-bond donors (Lipinski definition) is 1. The van der Waals surface area contributed by atoms with E-state index in [1.807, 2.05) is 55.5 Å². The Morgan fingerprint density at radius 2 is 1.66 bits per heavy atom. The van der Waals surface area contributed by atoms with Crippen LogP contribution in [0, 0.1) is 6.92 Å². The predicted octanol–water partition coefficient (Wildman–Crippen LogP) is 5.06. The van der Waals surface area contributed by atoms with Gasteiger partial charge >= 0.3 is 0 Å². The molecule has 3 aromatic rings. The first-order valence-electron chi connectivity index (χ1n) is 10.0. The van der Waals surface area contributed by atoms with Gasteiger partial charge in [0.1, 0.15) is 6.61 Å². The molecule has 0 bridgehead atoms. The summed E-state index contributed by atoms with van der Waals surface area (Å²) in [6.45, 7) is 2.27. The van der Waals surface area contributed by atoms with Gasteiger partial charge in [-0.15, -0.1) is 0 Å². The Kier molecular flexibility index (Phi) is 7.89. The fraction of sp³-hybridized carbons (Fsp3) is 0.200. The third-order valence-corrected chi connectivity index (χ3v) is 5.31. The second-order valence-electron chi connectivity index (χ2n) is 7.36. The van der Waals surface area contributed by atoms with Crippen LogP contribution in [0.5, 0.6) is 11.5 Å². The highest BCUT2D eigenvalue weighted by Gasteiger charge is 2.17. The quantitative estimate of drug-likeness (QED) is 0.473. The lowest BCUT2D eigenvalue weighted by molar-refractivity contribution is -0.116. The highest BCUT2D eigenvalue weighted by atomic mass is 79.9. The standard InChI is InChI=1S/C25H25BrN2O4/c1-17-4-11-21(12-5-17)27-24(29)15-28(2)25(30)19-8-13-22(23(14-19)31-3)32-16-18-6-9-20(26)10-7-18/h4-14H,15-16H2,1-3H3,(H,27,29). The maximum atomic E-state index is 12.8. The van der Waals surface area contributed by atoms with Crippen LogP contribution in [0.25, 0.3) is 0 Å². The van der Waals surface area contributed by atoms with Crippen molar-refractivity contribution in [3.63, 3.8) is 0 Å². The number of carbonyl (C=O) groups is 2. The van der Waals surface area contributed by atoms with E-state index in [-0.39, 0.29) is 18.4 Å². The number of methoxy groups -OCH3 is 1. The first-order valence-corrected chi connectivity index (χ1v) is 10.8. The molecule has 0 aromatic heterocycles. The Hall–Kier alpha value is -3.32. The number of ether oxygens (including phenoxy) is 2. The molecule has 166 valence electrons. The largest absolute Gasteiger partial charge is 0.493 e. The molecule has 3 aromatic carbocycles. The summed E-state index contributed by atoms with van der Waals surface area (Å²) in [5.41, 5.74) is 3.21. The van der Waals surface area contributed by atoms with Gasteiger partial charge in [0.25, 0.3) is 5.91 Å². The van der Waals surface area contributed by atoms with E-state index in [1.54, 1.807) is 25.2 Å². The van der Waals surface area contributed by atoms with Gasteiger partial charge in [0.05, 0.1) is 13.7 Å². The van der Waals surface area contributed by atoms with Crippen LogP contribution in [0.3, 0.4) is 0 Å². The van der Waals surface area contributed by atoms with E-state index in [4.69, 9.17) is 9.47 Å². The van der Waals surface area contributed by atoms with Crippen molar-refractivity contribution in [1.82, 2.24) is 4.90 Å². The minimum absolute atomic E-state index is 0.0726. The van der Waals surface area contributed by atoms with Gasteiger partial charge in [-0.3, -0.25) is 9.59 Å². The van der Waals surface area contributed by atoms with Crippen LogP contribution in [-0.4, -0.2) is 37.4 Å². The number of nitrogens with one attached hydrogen (secondary N) is 1. The maximum Gasteiger partial charge on any atom is 0.254 e. The van der Waals surface area contributed by atoms with Crippen LogP contribution < -0.4 is 14.8 Å². The Balaban J connectivity index is 1.61. The average molecular weight is 497 g/mol. The van der Waals surface area contributed by atoms with Crippen molar-refractivity contribution in [2.45, 2.75) is 13.5 Å².